The van der Waals surface area contributed by atoms with Gasteiger partial charge in [-0.15, -0.1) is 0 Å². The first-order valence-corrected chi connectivity index (χ1v) is 6.78. The highest BCUT2D eigenvalue weighted by Crippen LogP contribution is 2.14. The van der Waals surface area contributed by atoms with Gasteiger partial charge in [-0.1, -0.05) is 33.1 Å². The van der Waals surface area contributed by atoms with Crippen LogP contribution in [0.1, 0.15) is 46.5 Å². The van der Waals surface area contributed by atoms with E-state index in [0.717, 1.165) is 12.8 Å². The van der Waals surface area contributed by atoms with Crippen molar-refractivity contribution in [2.24, 2.45) is 5.92 Å². The fourth-order valence-corrected chi connectivity index (χ4v) is 1.67. The Kier molecular flexibility index (Phi) is 9.46. The highest BCUT2D eigenvalue weighted by molar-refractivity contribution is 4.62. The second-order valence-corrected chi connectivity index (χ2v) is 4.81. The third-order valence-electron chi connectivity index (χ3n) is 2.92. The second kappa shape index (κ2) is 9.62. The number of rotatable bonds is 10. The molecule has 0 saturated heterocycles. The lowest BCUT2D eigenvalue weighted by Crippen LogP contribution is -2.35. The van der Waals surface area contributed by atoms with E-state index in [-0.39, 0.29) is 12.6 Å². The van der Waals surface area contributed by atoms with Crippen LogP contribution >= 0.6 is 0 Å². The lowest BCUT2D eigenvalue weighted by molar-refractivity contribution is -0.125. The third-order valence-corrected chi connectivity index (χ3v) is 2.92. The van der Waals surface area contributed by atoms with Gasteiger partial charge in [-0.3, -0.25) is 0 Å². The normalized spacial score (nSPS) is 15.7. The Morgan fingerprint density at radius 1 is 1.22 bits per heavy atom. The summed E-state index contributed by atoms with van der Waals surface area (Å²) >= 11 is 0. The molecule has 2 nitrogen and oxygen atoms in total. The van der Waals surface area contributed by atoms with Gasteiger partial charge in [0.2, 0.25) is 0 Å². The molecule has 0 aliphatic carbocycles. The summed E-state index contributed by atoms with van der Waals surface area (Å²) < 4.78 is 41.3. The van der Waals surface area contributed by atoms with E-state index in [4.69, 9.17) is 4.74 Å². The van der Waals surface area contributed by atoms with Crippen LogP contribution < -0.4 is 5.32 Å². The van der Waals surface area contributed by atoms with Crippen molar-refractivity contribution in [3.05, 3.63) is 0 Å². The molecule has 0 rings (SSSR count). The summed E-state index contributed by atoms with van der Waals surface area (Å²) in [5.74, 6) is 0.523. The minimum absolute atomic E-state index is 0.178. The minimum atomic E-state index is -4.15. The van der Waals surface area contributed by atoms with Crippen LogP contribution in [0.15, 0.2) is 0 Å². The molecule has 0 heterocycles. The van der Waals surface area contributed by atoms with Crippen molar-refractivity contribution < 1.29 is 17.9 Å². The summed E-state index contributed by atoms with van der Waals surface area (Å²) in [5.41, 5.74) is 0. The third kappa shape index (κ3) is 10.8. The second-order valence-electron chi connectivity index (χ2n) is 4.81. The number of hydrogen-bond acceptors (Lipinski definition) is 2. The van der Waals surface area contributed by atoms with Crippen LogP contribution in [0.25, 0.3) is 0 Å². The SMILES string of the molecule is CCCCC(CC)COC(C)CNCC(F)(F)F. The Morgan fingerprint density at radius 3 is 2.39 bits per heavy atom. The number of ether oxygens (including phenoxy) is 1. The topological polar surface area (TPSA) is 21.3 Å². The first kappa shape index (κ1) is 17.7. The average Bonchev–Trinajstić information content (AvgIpc) is 2.27. The number of unbranched alkanes of at least 4 members (excludes halogenated alkanes) is 1. The van der Waals surface area contributed by atoms with Gasteiger partial charge in [0.05, 0.1) is 12.6 Å². The van der Waals surface area contributed by atoms with Gasteiger partial charge in [0, 0.05) is 13.2 Å². The van der Waals surface area contributed by atoms with Crippen LogP contribution in [0.3, 0.4) is 0 Å². The average molecular weight is 269 g/mol. The van der Waals surface area contributed by atoms with E-state index in [1.54, 1.807) is 6.92 Å². The molecule has 110 valence electrons. The maximum atomic E-state index is 11.9. The monoisotopic (exact) mass is 269 g/mol. The molecule has 0 saturated carbocycles. The van der Waals surface area contributed by atoms with Gasteiger partial charge in [-0.2, -0.15) is 13.2 Å². The molecule has 5 heteroatoms. The molecular weight excluding hydrogens is 243 g/mol. The van der Waals surface area contributed by atoms with Crippen molar-refractivity contribution in [3.63, 3.8) is 0 Å². The molecule has 0 aliphatic heterocycles. The molecule has 0 radical (unpaired) electrons. The largest absolute Gasteiger partial charge is 0.401 e. The van der Waals surface area contributed by atoms with E-state index >= 15 is 0 Å². The maximum absolute atomic E-state index is 11.9. The van der Waals surface area contributed by atoms with Gasteiger partial charge in [-0.05, 0) is 19.3 Å². The number of alkyl halides is 3. The van der Waals surface area contributed by atoms with Gasteiger partial charge < -0.3 is 10.1 Å². The first-order valence-electron chi connectivity index (χ1n) is 6.78. The molecule has 0 aliphatic rings. The smallest absolute Gasteiger partial charge is 0.377 e. The van der Waals surface area contributed by atoms with Gasteiger partial charge in [-0.25, -0.2) is 0 Å². The van der Waals surface area contributed by atoms with Crippen molar-refractivity contribution in [2.45, 2.75) is 58.7 Å². The van der Waals surface area contributed by atoms with Crippen molar-refractivity contribution >= 4 is 0 Å². The van der Waals surface area contributed by atoms with E-state index in [1.807, 2.05) is 0 Å². The van der Waals surface area contributed by atoms with Crippen molar-refractivity contribution in [3.8, 4) is 0 Å². The van der Waals surface area contributed by atoms with Gasteiger partial charge >= 0.3 is 6.18 Å². The molecule has 1 N–H and O–H groups in total. The lowest BCUT2D eigenvalue weighted by atomic mass is 10.0. The van der Waals surface area contributed by atoms with Crippen molar-refractivity contribution in [2.75, 3.05) is 19.7 Å². The van der Waals surface area contributed by atoms with Crippen LogP contribution in [0, 0.1) is 5.92 Å². The molecule has 0 amide bonds. The Labute approximate surface area is 108 Å². The molecule has 0 aromatic carbocycles. The molecule has 0 fully saturated rings. The summed E-state index contributed by atoms with van der Waals surface area (Å²) in [4.78, 5) is 0. The van der Waals surface area contributed by atoms with Crippen molar-refractivity contribution in [1.29, 1.82) is 0 Å². The first-order chi connectivity index (χ1) is 8.39. The molecular formula is C13H26F3NO. The number of hydrogen-bond donors (Lipinski definition) is 1. The zero-order valence-corrected chi connectivity index (χ0v) is 11.6. The Morgan fingerprint density at radius 2 is 1.89 bits per heavy atom. The molecule has 0 bridgehead atoms. The summed E-state index contributed by atoms with van der Waals surface area (Å²) in [6.07, 6.45) is 0.218. The molecule has 0 spiro atoms. The summed E-state index contributed by atoms with van der Waals surface area (Å²) in [6, 6.07) is 0. The summed E-state index contributed by atoms with van der Waals surface area (Å²) in [6.45, 7) is 6.01. The number of halogens is 3. The van der Waals surface area contributed by atoms with Crippen LogP contribution in [0.2, 0.25) is 0 Å². The zero-order valence-electron chi connectivity index (χ0n) is 11.6. The molecule has 2 unspecified atom stereocenters. The van der Waals surface area contributed by atoms with E-state index in [2.05, 4.69) is 19.2 Å². The fourth-order valence-electron chi connectivity index (χ4n) is 1.67. The molecule has 0 aromatic rings. The zero-order chi connectivity index (χ0) is 14.0. The van der Waals surface area contributed by atoms with E-state index < -0.39 is 12.7 Å². The minimum Gasteiger partial charge on any atom is -0.377 e. The lowest BCUT2D eigenvalue weighted by Gasteiger charge is -2.19. The summed E-state index contributed by atoms with van der Waals surface area (Å²) in [5, 5.41) is 2.36. The highest BCUT2D eigenvalue weighted by atomic mass is 19.4. The van der Waals surface area contributed by atoms with Crippen LogP contribution in [-0.2, 0) is 4.74 Å². The van der Waals surface area contributed by atoms with Gasteiger partial charge in [0.25, 0.3) is 0 Å². The molecule has 2 atom stereocenters. The standard InChI is InChI=1S/C13H26F3NO/c1-4-6-7-12(5-2)9-18-11(3)8-17-10-13(14,15)16/h11-12,17H,4-10H2,1-3H3. The Balaban J connectivity index is 3.64. The van der Waals surface area contributed by atoms with Crippen molar-refractivity contribution in [1.82, 2.24) is 5.32 Å². The van der Waals surface area contributed by atoms with Crippen LogP contribution in [0.5, 0.6) is 0 Å². The molecule has 18 heavy (non-hydrogen) atoms. The van der Waals surface area contributed by atoms with Crippen LogP contribution in [0.4, 0.5) is 13.2 Å². The predicted octanol–water partition coefficient (Wildman–Crippen LogP) is 3.76. The quantitative estimate of drug-likeness (QED) is 0.652. The van der Waals surface area contributed by atoms with Gasteiger partial charge in [0.1, 0.15) is 0 Å². The Hall–Kier alpha value is -0.290. The summed E-state index contributed by atoms with van der Waals surface area (Å²) in [7, 11) is 0. The predicted molar refractivity (Wildman–Crippen MR) is 67.6 cm³/mol. The molecule has 0 aromatic heterocycles. The fraction of sp³-hybridized carbons (Fsp3) is 1.00. The van der Waals surface area contributed by atoms with E-state index in [0.29, 0.717) is 12.5 Å². The number of nitrogens with one attached hydrogen (secondary N) is 1. The Bertz CT molecular complexity index is 197. The highest BCUT2D eigenvalue weighted by Gasteiger charge is 2.26. The van der Waals surface area contributed by atoms with Gasteiger partial charge in [0.15, 0.2) is 0 Å². The maximum Gasteiger partial charge on any atom is 0.401 e. The van der Waals surface area contributed by atoms with E-state index in [1.165, 1.54) is 12.8 Å². The van der Waals surface area contributed by atoms with E-state index in [9.17, 15) is 13.2 Å². The van der Waals surface area contributed by atoms with Crippen LogP contribution in [-0.4, -0.2) is 32.0 Å².